The standard InChI is InChI=1S/C13H21N5S/c1-3-10(14-4-2)6-5-7-19-13-11-12(16-8-15-11)17-9-18-13/h8-10,14H,3-7H2,1-2H3,(H,15,16,17,18). The van der Waals surface area contributed by atoms with Crippen molar-refractivity contribution in [2.45, 2.75) is 44.2 Å². The fourth-order valence-electron chi connectivity index (χ4n) is 2.09. The third-order valence-electron chi connectivity index (χ3n) is 3.11. The zero-order valence-electron chi connectivity index (χ0n) is 11.5. The summed E-state index contributed by atoms with van der Waals surface area (Å²) in [4.78, 5) is 15.7. The number of thioether (sulfide) groups is 1. The molecule has 0 bridgehead atoms. The van der Waals surface area contributed by atoms with Crippen molar-refractivity contribution in [1.82, 2.24) is 25.3 Å². The summed E-state index contributed by atoms with van der Waals surface area (Å²) >= 11 is 1.77. The molecule has 1 unspecified atom stereocenters. The number of aromatic nitrogens is 4. The highest BCUT2D eigenvalue weighted by molar-refractivity contribution is 7.99. The zero-order chi connectivity index (χ0) is 13.5. The number of hydrogen-bond acceptors (Lipinski definition) is 5. The predicted octanol–water partition coefficient (Wildman–Crippen LogP) is 2.61. The second kappa shape index (κ2) is 7.45. The summed E-state index contributed by atoms with van der Waals surface area (Å²) < 4.78 is 0. The summed E-state index contributed by atoms with van der Waals surface area (Å²) in [6, 6.07) is 0.642. The summed E-state index contributed by atoms with van der Waals surface area (Å²) in [7, 11) is 0. The van der Waals surface area contributed by atoms with Crippen molar-refractivity contribution >= 4 is 22.9 Å². The summed E-state index contributed by atoms with van der Waals surface area (Å²) in [5, 5.41) is 4.50. The first-order valence-electron chi connectivity index (χ1n) is 6.85. The van der Waals surface area contributed by atoms with Crippen molar-refractivity contribution in [1.29, 1.82) is 0 Å². The van der Waals surface area contributed by atoms with Gasteiger partial charge in [-0.15, -0.1) is 11.8 Å². The minimum Gasteiger partial charge on any atom is -0.341 e. The summed E-state index contributed by atoms with van der Waals surface area (Å²) in [6.45, 7) is 5.44. The van der Waals surface area contributed by atoms with E-state index in [1.807, 2.05) is 0 Å². The molecule has 0 aliphatic heterocycles. The first kappa shape index (κ1) is 14.3. The Morgan fingerprint density at radius 3 is 3.00 bits per heavy atom. The highest BCUT2D eigenvalue weighted by atomic mass is 32.2. The normalized spacial score (nSPS) is 12.9. The van der Waals surface area contributed by atoms with Gasteiger partial charge in [-0.2, -0.15) is 0 Å². The lowest BCUT2D eigenvalue weighted by atomic mass is 10.1. The molecule has 2 N–H and O–H groups in total. The second-order valence-corrected chi connectivity index (χ2v) is 5.52. The van der Waals surface area contributed by atoms with Gasteiger partial charge in [0.05, 0.1) is 6.33 Å². The van der Waals surface area contributed by atoms with Crippen molar-refractivity contribution in [2.75, 3.05) is 12.3 Å². The topological polar surface area (TPSA) is 66.5 Å². The Morgan fingerprint density at radius 2 is 2.21 bits per heavy atom. The van der Waals surface area contributed by atoms with Gasteiger partial charge in [0.15, 0.2) is 5.65 Å². The first-order valence-corrected chi connectivity index (χ1v) is 7.84. The van der Waals surface area contributed by atoms with Gasteiger partial charge in [-0.3, -0.25) is 0 Å². The Kier molecular flexibility index (Phi) is 5.60. The van der Waals surface area contributed by atoms with Crippen LogP contribution >= 0.6 is 11.8 Å². The van der Waals surface area contributed by atoms with Gasteiger partial charge < -0.3 is 10.3 Å². The van der Waals surface area contributed by atoms with Crippen molar-refractivity contribution < 1.29 is 0 Å². The summed E-state index contributed by atoms with van der Waals surface area (Å²) in [5.74, 6) is 1.08. The molecular weight excluding hydrogens is 258 g/mol. The number of rotatable bonds is 8. The highest BCUT2D eigenvalue weighted by Crippen LogP contribution is 2.23. The molecule has 0 radical (unpaired) electrons. The molecule has 0 spiro atoms. The lowest BCUT2D eigenvalue weighted by Gasteiger charge is -2.14. The van der Waals surface area contributed by atoms with E-state index >= 15 is 0 Å². The van der Waals surface area contributed by atoms with Crippen LogP contribution in [0.15, 0.2) is 17.7 Å². The van der Waals surface area contributed by atoms with E-state index in [4.69, 9.17) is 0 Å². The van der Waals surface area contributed by atoms with E-state index in [1.165, 1.54) is 19.3 Å². The number of aromatic amines is 1. The molecule has 0 saturated carbocycles. The Bertz CT molecular complexity index is 498. The maximum Gasteiger partial charge on any atom is 0.181 e. The van der Waals surface area contributed by atoms with Crippen LogP contribution in [0.2, 0.25) is 0 Å². The lowest BCUT2D eigenvalue weighted by Crippen LogP contribution is -2.28. The Balaban J connectivity index is 1.81. The zero-order valence-corrected chi connectivity index (χ0v) is 12.3. The smallest absolute Gasteiger partial charge is 0.181 e. The van der Waals surface area contributed by atoms with Crippen molar-refractivity contribution in [3.63, 3.8) is 0 Å². The number of fused-ring (bicyclic) bond motifs is 1. The van der Waals surface area contributed by atoms with Crippen LogP contribution < -0.4 is 5.32 Å². The Morgan fingerprint density at radius 1 is 1.32 bits per heavy atom. The van der Waals surface area contributed by atoms with Crippen LogP contribution in [0.4, 0.5) is 0 Å². The van der Waals surface area contributed by atoms with E-state index in [2.05, 4.69) is 39.1 Å². The molecule has 0 aliphatic carbocycles. The van der Waals surface area contributed by atoms with Gasteiger partial charge in [-0.05, 0) is 31.6 Å². The molecule has 2 aromatic rings. The van der Waals surface area contributed by atoms with Crippen LogP contribution in [0.25, 0.3) is 11.2 Å². The minimum atomic E-state index is 0.642. The third-order valence-corrected chi connectivity index (χ3v) is 4.19. The molecule has 0 aliphatic rings. The molecule has 0 amide bonds. The van der Waals surface area contributed by atoms with Gasteiger partial charge >= 0.3 is 0 Å². The Labute approximate surface area is 118 Å². The lowest BCUT2D eigenvalue weighted by molar-refractivity contribution is 0.477. The molecule has 6 heteroatoms. The molecule has 2 heterocycles. The number of imidazole rings is 1. The van der Waals surface area contributed by atoms with Crippen LogP contribution in [0.1, 0.15) is 33.1 Å². The molecule has 2 aromatic heterocycles. The SMILES string of the molecule is CCNC(CC)CCCSc1ncnc2nc[nH]c12. The quantitative estimate of drug-likeness (QED) is 0.442. The van der Waals surface area contributed by atoms with Crippen LogP contribution in [-0.2, 0) is 0 Å². The van der Waals surface area contributed by atoms with E-state index in [9.17, 15) is 0 Å². The number of H-pyrrole nitrogens is 1. The molecule has 1 atom stereocenters. The van der Waals surface area contributed by atoms with Crippen LogP contribution in [0.3, 0.4) is 0 Å². The molecular formula is C13H21N5S. The molecule has 0 fully saturated rings. The molecule has 104 valence electrons. The highest BCUT2D eigenvalue weighted by Gasteiger charge is 2.07. The van der Waals surface area contributed by atoms with E-state index in [0.717, 1.165) is 28.5 Å². The average molecular weight is 279 g/mol. The fourth-order valence-corrected chi connectivity index (χ4v) is 3.01. The van der Waals surface area contributed by atoms with Gasteiger partial charge in [-0.1, -0.05) is 13.8 Å². The molecule has 0 aromatic carbocycles. The van der Waals surface area contributed by atoms with Crippen LogP contribution in [0.5, 0.6) is 0 Å². The second-order valence-electron chi connectivity index (χ2n) is 4.43. The minimum absolute atomic E-state index is 0.642. The summed E-state index contributed by atoms with van der Waals surface area (Å²) in [5.41, 5.74) is 1.70. The number of nitrogens with one attached hydrogen (secondary N) is 2. The van der Waals surface area contributed by atoms with Gasteiger partial charge in [0.2, 0.25) is 0 Å². The largest absolute Gasteiger partial charge is 0.341 e. The molecule has 5 nitrogen and oxygen atoms in total. The maximum absolute atomic E-state index is 4.32. The van der Waals surface area contributed by atoms with Gasteiger partial charge in [0.1, 0.15) is 16.9 Å². The van der Waals surface area contributed by atoms with E-state index in [0.29, 0.717) is 6.04 Å². The van der Waals surface area contributed by atoms with Gasteiger partial charge in [0.25, 0.3) is 0 Å². The van der Waals surface area contributed by atoms with Crippen molar-refractivity contribution in [3.05, 3.63) is 12.7 Å². The Hall–Kier alpha value is -1.14. The third kappa shape index (κ3) is 3.91. The molecule has 19 heavy (non-hydrogen) atoms. The van der Waals surface area contributed by atoms with Crippen molar-refractivity contribution in [2.24, 2.45) is 0 Å². The van der Waals surface area contributed by atoms with Crippen LogP contribution in [-0.4, -0.2) is 38.3 Å². The van der Waals surface area contributed by atoms with Crippen molar-refractivity contribution in [3.8, 4) is 0 Å². The predicted molar refractivity (Wildman–Crippen MR) is 79.4 cm³/mol. The fraction of sp³-hybridized carbons (Fsp3) is 0.615. The first-order chi connectivity index (χ1) is 9.35. The molecule has 2 rings (SSSR count). The maximum atomic E-state index is 4.32. The summed E-state index contributed by atoms with van der Waals surface area (Å²) in [6.07, 6.45) is 6.85. The van der Waals surface area contributed by atoms with Crippen LogP contribution in [0, 0.1) is 0 Å². The van der Waals surface area contributed by atoms with Gasteiger partial charge in [-0.25, -0.2) is 15.0 Å². The number of hydrogen-bond donors (Lipinski definition) is 2. The number of nitrogens with zero attached hydrogens (tertiary/aromatic N) is 3. The molecule has 0 saturated heterocycles. The van der Waals surface area contributed by atoms with E-state index in [-0.39, 0.29) is 0 Å². The van der Waals surface area contributed by atoms with Gasteiger partial charge in [0, 0.05) is 6.04 Å². The van der Waals surface area contributed by atoms with E-state index < -0.39 is 0 Å². The van der Waals surface area contributed by atoms with E-state index in [1.54, 1.807) is 24.4 Å². The monoisotopic (exact) mass is 279 g/mol. The average Bonchev–Trinajstić information content (AvgIpc) is 2.91.